The highest BCUT2D eigenvalue weighted by molar-refractivity contribution is 6.31. The second-order valence-corrected chi connectivity index (χ2v) is 5.10. The van der Waals surface area contributed by atoms with E-state index in [1.165, 1.54) is 0 Å². The zero-order chi connectivity index (χ0) is 14.1. The molecule has 1 aromatic heterocycles. The van der Waals surface area contributed by atoms with Crippen molar-refractivity contribution < 1.29 is 0 Å². The smallest absolute Gasteiger partial charge is 0.0746 e. The Bertz CT molecular complexity index is 784. The molecule has 0 aliphatic heterocycles. The fraction of sp³-hybridized carbons (Fsp3) is 0.0625. The van der Waals surface area contributed by atoms with E-state index < -0.39 is 0 Å². The number of aryl methyl sites for hydroxylation is 1. The molecule has 0 fully saturated rings. The van der Waals surface area contributed by atoms with Gasteiger partial charge in [-0.25, -0.2) is 0 Å². The van der Waals surface area contributed by atoms with Crippen molar-refractivity contribution in [2.75, 3.05) is 11.1 Å². The zero-order valence-electron chi connectivity index (χ0n) is 11.0. The molecule has 0 bridgehead atoms. The first-order valence-electron chi connectivity index (χ1n) is 6.31. The number of rotatable bonds is 2. The summed E-state index contributed by atoms with van der Waals surface area (Å²) in [6, 6.07) is 13.7. The Labute approximate surface area is 122 Å². The van der Waals surface area contributed by atoms with Crippen LogP contribution in [0.5, 0.6) is 0 Å². The number of hydrogen-bond acceptors (Lipinski definition) is 3. The molecule has 1 heterocycles. The number of halogens is 1. The number of nitrogens with one attached hydrogen (secondary N) is 1. The first-order valence-corrected chi connectivity index (χ1v) is 6.69. The van der Waals surface area contributed by atoms with Crippen LogP contribution in [-0.4, -0.2) is 4.98 Å². The van der Waals surface area contributed by atoms with Gasteiger partial charge in [0.2, 0.25) is 0 Å². The van der Waals surface area contributed by atoms with Crippen molar-refractivity contribution in [1.82, 2.24) is 4.98 Å². The molecule has 0 aliphatic carbocycles. The van der Waals surface area contributed by atoms with E-state index in [4.69, 9.17) is 17.3 Å². The molecule has 0 unspecified atom stereocenters. The average molecular weight is 284 g/mol. The van der Waals surface area contributed by atoms with Gasteiger partial charge in [-0.3, -0.25) is 4.98 Å². The number of nitrogens with two attached hydrogens (primary N) is 1. The van der Waals surface area contributed by atoms with Crippen molar-refractivity contribution in [3.8, 4) is 0 Å². The van der Waals surface area contributed by atoms with E-state index in [1.54, 1.807) is 6.20 Å². The van der Waals surface area contributed by atoms with E-state index in [2.05, 4.69) is 10.3 Å². The SMILES string of the molecule is Cc1ccc(Nc2c(N)cnc3ccccc23)cc1Cl. The predicted octanol–water partition coefficient (Wildman–Crippen LogP) is 4.52. The molecule has 3 nitrogen and oxygen atoms in total. The standard InChI is InChI=1S/C16H14ClN3/c1-10-6-7-11(8-13(10)17)20-16-12-4-2-3-5-15(12)19-9-14(16)18/h2-9H,18H2,1H3,(H,19,20). The Balaban J connectivity index is 2.10. The fourth-order valence-corrected chi connectivity index (χ4v) is 2.29. The first-order chi connectivity index (χ1) is 9.65. The zero-order valence-corrected chi connectivity index (χ0v) is 11.8. The van der Waals surface area contributed by atoms with Gasteiger partial charge in [0.1, 0.15) is 0 Å². The molecule has 20 heavy (non-hydrogen) atoms. The maximum atomic E-state index is 6.15. The van der Waals surface area contributed by atoms with E-state index >= 15 is 0 Å². The minimum Gasteiger partial charge on any atom is -0.396 e. The molecule has 0 spiro atoms. The van der Waals surface area contributed by atoms with E-state index in [-0.39, 0.29) is 0 Å². The minimum absolute atomic E-state index is 0.611. The van der Waals surface area contributed by atoms with Crippen LogP contribution in [0.3, 0.4) is 0 Å². The molecule has 2 aromatic carbocycles. The Hall–Kier alpha value is -2.26. The van der Waals surface area contributed by atoms with Crippen LogP contribution < -0.4 is 11.1 Å². The van der Waals surface area contributed by atoms with Gasteiger partial charge in [0.05, 0.1) is 23.1 Å². The number of fused-ring (bicyclic) bond motifs is 1. The summed E-state index contributed by atoms with van der Waals surface area (Å²) in [7, 11) is 0. The molecule has 0 saturated heterocycles. The molecule has 3 aromatic rings. The molecule has 3 rings (SSSR count). The summed E-state index contributed by atoms with van der Waals surface area (Å²) in [5.74, 6) is 0. The summed E-state index contributed by atoms with van der Waals surface area (Å²) in [5.41, 5.74) is 10.4. The number of anilines is 3. The second-order valence-electron chi connectivity index (χ2n) is 4.69. The summed E-state index contributed by atoms with van der Waals surface area (Å²) in [4.78, 5) is 4.32. The number of para-hydroxylation sites is 1. The average Bonchev–Trinajstić information content (AvgIpc) is 2.46. The van der Waals surface area contributed by atoms with Crippen LogP contribution in [-0.2, 0) is 0 Å². The van der Waals surface area contributed by atoms with Gasteiger partial charge in [-0.05, 0) is 30.7 Å². The molecule has 0 amide bonds. The highest BCUT2D eigenvalue weighted by atomic mass is 35.5. The molecule has 0 saturated carbocycles. The fourth-order valence-electron chi connectivity index (χ4n) is 2.11. The maximum absolute atomic E-state index is 6.15. The molecule has 0 radical (unpaired) electrons. The topological polar surface area (TPSA) is 50.9 Å². The monoisotopic (exact) mass is 283 g/mol. The van der Waals surface area contributed by atoms with Gasteiger partial charge < -0.3 is 11.1 Å². The summed E-state index contributed by atoms with van der Waals surface area (Å²) < 4.78 is 0. The number of pyridine rings is 1. The number of nitrogens with zero attached hydrogens (tertiary/aromatic N) is 1. The highest BCUT2D eigenvalue weighted by Gasteiger charge is 2.07. The van der Waals surface area contributed by atoms with Crippen LogP contribution in [0.25, 0.3) is 10.9 Å². The van der Waals surface area contributed by atoms with E-state index in [0.717, 1.165) is 32.9 Å². The third kappa shape index (κ3) is 2.28. The van der Waals surface area contributed by atoms with Crippen molar-refractivity contribution in [2.45, 2.75) is 6.92 Å². The second kappa shape index (κ2) is 5.02. The predicted molar refractivity (Wildman–Crippen MR) is 85.6 cm³/mol. The van der Waals surface area contributed by atoms with Crippen LogP contribution in [0.4, 0.5) is 17.1 Å². The number of benzene rings is 2. The van der Waals surface area contributed by atoms with Crippen LogP contribution in [0, 0.1) is 6.92 Å². The minimum atomic E-state index is 0.611. The van der Waals surface area contributed by atoms with Crippen molar-refractivity contribution in [3.63, 3.8) is 0 Å². The lowest BCUT2D eigenvalue weighted by atomic mass is 10.1. The van der Waals surface area contributed by atoms with Gasteiger partial charge in [0.15, 0.2) is 0 Å². The Kier molecular flexibility index (Phi) is 3.20. The molecule has 100 valence electrons. The quantitative estimate of drug-likeness (QED) is 0.727. The summed E-state index contributed by atoms with van der Waals surface area (Å²) in [6.45, 7) is 1.97. The summed E-state index contributed by atoms with van der Waals surface area (Å²) >= 11 is 6.15. The highest BCUT2D eigenvalue weighted by Crippen LogP contribution is 2.31. The van der Waals surface area contributed by atoms with Gasteiger partial charge in [-0.2, -0.15) is 0 Å². The third-order valence-corrected chi connectivity index (χ3v) is 3.65. The molecule has 0 atom stereocenters. The number of aromatic nitrogens is 1. The Morgan fingerprint density at radius 2 is 1.95 bits per heavy atom. The number of nitrogen functional groups attached to an aromatic ring is 1. The van der Waals surface area contributed by atoms with Gasteiger partial charge >= 0.3 is 0 Å². The lowest BCUT2D eigenvalue weighted by Gasteiger charge is -2.13. The number of hydrogen-bond donors (Lipinski definition) is 2. The van der Waals surface area contributed by atoms with Crippen LogP contribution >= 0.6 is 11.6 Å². The first kappa shape index (κ1) is 12.8. The third-order valence-electron chi connectivity index (χ3n) is 3.25. The van der Waals surface area contributed by atoms with Gasteiger partial charge in [0.25, 0.3) is 0 Å². The van der Waals surface area contributed by atoms with Gasteiger partial charge in [-0.1, -0.05) is 35.9 Å². The Morgan fingerprint density at radius 3 is 2.75 bits per heavy atom. The van der Waals surface area contributed by atoms with Crippen molar-refractivity contribution in [1.29, 1.82) is 0 Å². The van der Waals surface area contributed by atoms with E-state index in [0.29, 0.717) is 5.69 Å². The summed E-state index contributed by atoms with van der Waals surface area (Å²) in [5, 5.41) is 5.05. The molecular weight excluding hydrogens is 270 g/mol. The Morgan fingerprint density at radius 1 is 1.15 bits per heavy atom. The van der Waals surface area contributed by atoms with Crippen molar-refractivity contribution in [2.24, 2.45) is 0 Å². The van der Waals surface area contributed by atoms with Crippen LogP contribution in [0.15, 0.2) is 48.7 Å². The largest absolute Gasteiger partial charge is 0.396 e. The van der Waals surface area contributed by atoms with Gasteiger partial charge in [-0.15, -0.1) is 0 Å². The van der Waals surface area contributed by atoms with Crippen molar-refractivity contribution in [3.05, 3.63) is 59.2 Å². The lowest BCUT2D eigenvalue weighted by molar-refractivity contribution is 1.40. The van der Waals surface area contributed by atoms with E-state index in [1.807, 2.05) is 49.4 Å². The van der Waals surface area contributed by atoms with Gasteiger partial charge in [0, 0.05) is 16.1 Å². The van der Waals surface area contributed by atoms with Crippen molar-refractivity contribution >= 4 is 39.6 Å². The van der Waals surface area contributed by atoms with Crippen LogP contribution in [0.2, 0.25) is 5.02 Å². The van der Waals surface area contributed by atoms with Crippen LogP contribution in [0.1, 0.15) is 5.56 Å². The summed E-state index contributed by atoms with van der Waals surface area (Å²) in [6.07, 6.45) is 1.67. The maximum Gasteiger partial charge on any atom is 0.0746 e. The molecule has 0 aliphatic rings. The normalized spacial score (nSPS) is 10.7. The molecule has 3 N–H and O–H groups in total. The molecular formula is C16H14ClN3. The lowest BCUT2D eigenvalue weighted by Crippen LogP contribution is -1.99. The van der Waals surface area contributed by atoms with E-state index in [9.17, 15) is 0 Å². The molecule has 4 heteroatoms.